The quantitative estimate of drug-likeness (QED) is 0.448. The van der Waals surface area contributed by atoms with Gasteiger partial charge in [0.05, 0.1) is 0 Å². The summed E-state index contributed by atoms with van der Waals surface area (Å²) in [6, 6.07) is 0. The summed E-state index contributed by atoms with van der Waals surface area (Å²) in [4.78, 5) is 7.81. The zero-order chi connectivity index (χ0) is 4.41. The molecule has 4 heteroatoms. The van der Waals surface area contributed by atoms with Crippen LogP contribution in [0.2, 0.25) is 0 Å². The van der Waals surface area contributed by atoms with Crippen LogP contribution < -0.4 is 5.48 Å². The Balaban J connectivity index is 2.38. The zero-order valence-electron chi connectivity index (χ0n) is 2.81. The van der Waals surface area contributed by atoms with E-state index >= 15 is 0 Å². The van der Waals surface area contributed by atoms with E-state index in [1.165, 1.54) is 6.40 Å². The molecule has 1 radical (unpaired) electrons. The van der Waals surface area contributed by atoms with Crippen LogP contribution in [0.3, 0.4) is 0 Å². The van der Waals surface area contributed by atoms with Crippen molar-refractivity contribution in [2.45, 2.75) is 0 Å². The highest BCUT2D eigenvalue weighted by Crippen LogP contribution is 2.04. The van der Waals surface area contributed by atoms with Gasteiger partial charge >= 0.3 is 0 Å². The molecule has 1 rings (SSSR count). The first-order chi connectivity index (χ1) is 2.89. The number of aliphatic imine (C=N–C) groups is 1. The minimum Gasteiger partial charge on any atom is -0.393 e. The molecular formula is C2H2ClN2O. The Morgan fingerprint density at radius 1 is 2.00 bits per heavy atom. The second-order valence-electron chi connectivity index (χ2n) is 0.745. The summed E-state index contributed by atoms with van der Waals surface area (Å²) in [6.45, 7) is 0. The molecule has 0 saturated heterocycles. The van der Waals surface area contributed by atoms with Crippen molar-refractivity contribution in [1.29, 1.82) is 0 Å². The van der Waals surface area contributed by atoms with Gasteiger partial charge in [-0.25, -0.2) is 4.99 Å². The number of hydrogen-bond acceptors (Lipinski definition) is 3. The van der Waals surface area contributed by atoms with E-state index in [1.54, 1.807) is 0 Å². The smallest absolute Gasteiger partial charge is 0.276 e. The maximum absolute atomic E-state index is 5.19. The lowest BCUT2D eigenvalue weighted by atomic mass is 11.2. The summed E-state index contributed by atoms with van der Waals surface area (Å²) >= 11 is 5.19. The minimum atomic E-state index is 0.273. The van der Waals surface area contributed by atoms with Crippen molar-refractivity contribution in [3.63, 3.8) is 0 Å². The Morgan fingerprint density at radius 3 is 3.00 bits per heavy atom. The summed E-state index contributed by atoms with van der Waals surface area (Å²) in [6.07, 6.45) is 1.22. The number of rotatable bonds is 0. The van der Waals surface area contributed by atoms with Gasteiger partial charge in [0.2, 0.25) is 0 Å². The van der Waals surface area contributed by atoms with Gasteiger partial charge in [-0.2, -0.15) is 0 Å². The fraction of sp³-hybridized carbons (Fsp3) is 0. The Kier molecular flexibility index (Phi) is 0.939. The van der Waals surface area contributed by atoms with E-state index in [4.69, 9.17) is 11.6 Å². The van der Waals surface area contributed by atoms with Crippen LogP contribution in [0.1, 0.15) is 0 Å². The maximum atomic E-state index is 5.19. The zero-order valence-corrected chi connectivity index (χ0v) is 3.57. The molecule has 0 unspecified atom stereocenters. The largest absolute Gasteiger partial charge is 0.393 e. The molecule has 0 atom stereocenters. The molecule has 0 bridgehead atoms. The molecule has 6 heavy (non-hydrogen) atoms. The van der Waals surface area contributed by atoms with Crippen molar-refractivity contribution in [1.82, 2.24) is 5.48 Å². The van der Waals surface area contributed by atoms with Crippen LogP contribution >= 0.6 is 11.6 Å². The molecule has 0 aromatic rings. The SMILES string of the molecule is Cl[C]1N=CON1. The lowest BCUT2D eigenvalue weighted by molar-refractivity contribution is 0.239. The summed E-state index contributed by atoms with van der Waals surface area (Å²) in [5.41, 5.74) is 2.55. The third kappa shape index (κ3) is 0.609. The highest BCUT2D eigenvalue weighted by Gasteiger charge is 2.04. The number of nitrogens with one attached hydrogen (secondary N) is 1. The van der Waals surface area contributed by atoms with Crippen LogP contribution in [0.5, 0.6) is 0 Å². The average Bonchev–Trinajstić information content (AvgIpc) is 1.86. The fourth-order valence-corrected chi connectivity index (χ4v) is 0.258. The highest BCUT2D eigenvalue weighted by molar-refractivity contribution is 6.26. The summed E-state index contributed by atoms with van der Waals surface area (Å²) in [5.74, 6) is 0. The predicted molar refractivity (Wildman–Crippen MR) is 21.8 cm³/mol. The normalized spacial score (nSPS) is 21.5. The van der Waals surface area contributed by atoms with Crippen LogP contribution in [0.4, 0.5) is 0 Å². The van der Waals surface area contributed by atoms with E-state index in [1.807, 2.05) is 0 Å². The molecule has 1 aliphatic heterocycles. The molecule has 1 N–H and O–H groups in total. The number of hydrogen-bond donors (Lipinski definition) is 1. The molecule has 1 heterocycles. The molecule has 0 aromatic carbocycles. The summed E-state index contributed by atoms with van der Waals surface area (Å²) < 4.78 is 0. The number of halogens is 1. The summed E-state index contributed by atoms with van der Waals surface area (Å²) in [5, 5.41) is 0. The minimum absolute atomic E-state index is 0.273. The molecule has 0 amide bonds. The Morgan fingerprint density at radius 2 is 2.83 bits per heavy atom. The van der Waals surface area contributed by atoms with Crippen LogP contribution in [0.25, 0.3) is 0 Å². The monoisotopic (exact) mass is 105 g/mol. The van der Waals surface area contributed by atoms with Crippen molar-refractivity contribution in [3.05, 3.63) is 5.62 Å². The van der Waals surface area contributed by atoms with Gasteiger partial charge in [-0.3, -0.25) is 0 Å². The van der Waals surface area contributed by atoms with Crippen molar-refractivity contribution < 1.29 is 4.84 Å². The number of hydroxylamine groups is 1. The van der Waals surface area contributed by atoms with Crippen LogP contribution in [0.15, 0.2) is 4.99 Å². The van der Waals surface area contributed by atoms with Gasteiger partial charge in [0, 0.05) is 0 Å². The van der Waals surface area contributed by atoms with E-state index in [-0.39, 0.29) is 5.62 Å². The van der Waals surface area contributed by atoms with Crippen molar-refractivity contribution in [2.75, 3.05) is 0 Å². The van der Waals surface area contributed by atoms with Gasteiger partial charge in [-0.1, -0.05) is 11.6 Å². The van der Waals surface area contributed by atoms with Gasteiger partial charge in [0.25, 0.3) is 5.62 Å². The molecule has 0 fully saturated rings. The van der Waals surface area contributed by atoms with Crippen LogP contribution in [0, 0.1) is 5.62 Å². The molecule has 0 aromatic heterocycles. The topological polar surface area (TPSA) is 33.6 Å². The average molecular weight is 106 g/mol. The predicted octanol–water partition coefficient (Wildman–Crippen LogP) is 0.235. The molecule has 0 saturated carbocycles. The standard InChI is InChI=1S/C2H2ClN2O/c3-2-4-1-6-5-2/h1,5H. The molecule has 0 spiro atoms. The maximum Gasteiger partial charge on any atom is 0.276 e. The third-order valence-electron chi connectivity index (χ3n) is 0.362. The van der Waals surface area contributed by atoms with E-state index in [0.717, 1.165) is 0 Å². The highest BCUT2D eigenvalue weighted by atomic mass is 35.5. The van der Waals surface area contributed by atoms with Gasteiger partial charge in [0.1, 0.15) is 0 Å². The van der Waals surface area contributed by atoms with Gasteiger partial charge in [-0.05, 0) is 0 Å². The first-order valence-electron chi connectivity index (χ1n) is 1.36. The van der Waals surface area contributed by atoms with Gasteiger partial charge in [-0.15, -0.1) is 5.48 Å². The van der Waals surface area contributed by atoms with E-state index in [9.17, 15) is 0 Å². The van der Waals surface area contributed by atoms with Crippen molar-refractivity contribution >= 4 is 18.0 Å². The van der Waals surface area contributed by atoms with E-state index < -0.39 is 0 Å². The number of nitrogens with zero attached hydrogens (tertiary/aromatic N) is 1. The Bertz CT molecular complexity index is 73.9. The Hall–Kier alpha value is -0.280. The van der Waals surface area contributed by atoms with Gasteiger partial charge in [0.15, 0.2) is 6.40 Å². The first kappa shape index (κ1) is 3.89. The molecule has 33 valence electrons. The third-order valence-corrected chi connectivity index (χ3v) is 0.537. The van der Waals surface area contributed by atoms with Crippen LogP contribution in [-0.4, -0.2) is 6.40 Å². The van der Waals surface area contributed by atoms with Crippen LogP contribution in [-0.2, 0) is 4.84 Å². The molecule has 3 nitrogen and oxygen atoms in total. The van der Waals surface area contributed by atoms with Gasteiger partial charge < -0.3 is 4.84 Å². The molecule has 1 aliphatic rings. The molecule has 0 aliphatic carbocycles. The second-order valence-corrected chi connectivity index (χ2v) is 1.10. The van der Waals surface area contributed by atoms with Crippen molar-refractivity contribution in [3.8, 4) is 0 Å². The summed E-state index contributed by atoms with van der Waals surface area (Å²) in [7, 11) is 0. The second kappa shape index (κ2) is 1.45. The lowest BCUT2D eigenvalue weighted by Crippen LogP contribution is -2.05. The Labute approximate surface area is 39.9 Å². The first-order valence-corrected chi connectivity index (χ1v) is 1.74. The van der Waals surface area contributed by atoms with E-state index in [0.29, 0.717) is 0 Å². The van der Waals surface area contributed by atoms with E-state index in [2.05, 4.69) is 15.3 Å². The fourth-order valence-electron chi connectivity index (χ4n) is 0.174. The van der Waals surface area contributed by atoms with Crippen molar-refractivity contribution in [2.24, 2.45) is 4.99 Å². The molecular weight excluding hydrogens is 103 g/mol. The lowest BCUT2D eigenvalue weighted by Gasteiger charge is -1.87.